The Bertz CT molecular complexity index is 915. The maximum Gasteiger partial charge on any atom is 0.408 e. The van der Waals surface area contributed by atoms with Crippen molar-refractivity contribution in [2.24, 2.45) is 5.92 Å². The Balaban J connectivity index is 0.000000343. The second kappa shape index (κ2) is 13.4. The Hall–Kier alpha value is -3.95. The zero-order valence-corrected chi connectivity index (χ0v) is 18.0. The van der Waals surface area contributed by atoms with Crippen molar-refractivity contribution in [2.45, 2.75) is 39.8 Å². The Morgan fingerprint density at radius 1 is 1.09 bits per heavy atom. The van der Waals surface area contributed by atoms with Gasteiger partial charge in [-0.3, -0.25) is 14.9 Å². The Kier molecular flexibility index (Phi) is 10.9. The number of nitrogens with one attached hydrogen (secondary N) is 1. The van der Waals surface area contributed by atoms with Crippen LogP contribution in [-0.2, 0) is 20.9 Å². The number of carboxylic acid groups (broad SMARTS) is 1. The van der Waals surface area contributed by atoms with Crippen LogP contribution in [0, 0.1) is 16.0 Å². The van der Waals surface area contributed by atoms with Gasteiger partial charge in [0.05, 0.1) is 11.0 Å². The lowest BCUT2D eigenvalue weighted by atomic mass is 10.0. The first-order valence-electron chi connectivity index (χ1n) is 9.71. The minimum atomic E-state index is -1.05. The first-order chi connectivity index (χ1) is 15.1. The van der Waals surface area contributed by atoms with Gasteiger partial charge in [0.25, 0.3) is 5.69 Å². The second-order valence-electron chi connectivity index (χ2n) is 7.07. The Morgan fingerprint density at radius 3 is 2.28 bits per heavy atom. The molecular formula is C22H26N2O8. The molecule has 1 atom stereocenters. The van der Waals surface area contributed by atoms with E-state index in [9.17, 15) is 24.5 Å². The van der Waals surface area contributed by atoms with Crippen molar-refractivity contribution in [3.05, 3.63) is 70.3 Å². The maximum atomic E-state index is 11.5. The van der Waals surface area contributed by atoms with Gasteiger partial charge in [-0.05, 0) is 24.0 Å². The summed E-state index contributed by atoms with van der Waals surface area (Å²) in [6.07, 6.45) is -0.340. The molecule has 0 saturated carbocycles. The van der Waals surface area contributed by atoms with Crippen LogP contribution in [0.15, 0.2) is 54.6 Å². The summed E-state index contributed by atoms with van der Waals surface area (Å²) in [7, 11) is 0. The van der Waals surface area contributed by atoms with Crippen LogP contribution < -0.4 is 10.1 Å². The van der Waals surface area contributed by atoms with Gasteiger partial charge in [0, 0.05) is 13.0 Å². The summed E-state index contributed by atoms with van der Waals surface area (Å²) < 4.78 is 9.64. The number of carbonyl (C=O) groups is 3. The summed E-state index contributed by atoms with van der Waals surface area (Å²) in [4.78, 5) is 42.7. The molecule has 2 rings (SSSR count). The van der Waals surface area contributed by atoms with E-state index in [1.54, 1.807) is 0 Å². The lowest BCUT2D eigenvalue weighted by Crippen LogP contribution is -2.41. The molecule has 0 bridgehead atoms. The number of carbonyl (C=O) groups excluding carboxylic acids is 2. The van der Waals surface area contributed by atoms with Gasteiger partial charge < -0.3 is 19.9 Å². The third-order valence-electron chi connectivity index (χ3n) is 3.80. The number of rotatable bonds is 8. The van der Waals surface area contributed by atoms with Crippen LogP contribution >= 0.6 is 0 Å². The number of aliphatic carboxylic acids is 1. The molecule has 2 aromatic rings. The van der Waals surface area contributed by atoms with Gasteiger partial charge in [0.1, 0.15) is 18.4 Å². The minimum Gasteiger partial charge on any atom is -0.480 e. The topological polar surface area (TPSA) is 145 Å². The van der Waals surface area contributed by atoms with Crippen molar-refractivity contribution >= 4 is 23.7 Å². The quantitative estimate of drug-likeness (QED) is 0.268. The van der Waals surface area contributed by atoms with Crippen LogP contribution in [0.1, 0.15) is 32.8 Å². The minimum absolute atomic E-state index is 0.0984. The molecular weight excluding hydrogens is 420 g/mol. The summed E-state index contributed by atoms with van der Waals surface area (Å²) in [5.41, 5.74) is 0.757. The normalized spacial score (nSPS) is 10.9. The molecule has 2 N–H and O–H groups in total. The summed E-state index contributed by atoms with van der Waals surface area (Å²) >= 11 is 0. The first-order valence-corrected chi connectivity index (χ1v) is 9.71. The molecule has 2 aromatic carbocycles. The van der Waals surface area contributed by atoms with E-state index in [-0.39, 0.29) is 24.0 Å². The third kappa shape index (κ3) is 10.7. The number of nitrogens with zero attached hydrogens (tertiary/aromatic N) is 1. The number of carboxylic acids is 1. The van der Waals surface area contributed by atoms with E-state index >= 15 is 0 Å². The Morgan fingerprint density at radius 2 is 1.75 bits per heavy atom. The number of alkyl carbamates (subject to hydrolysis) is 1. The zero-order chi connectivity index (χ0) is 24.1. The van der Waals surface area contributed by atoms with Crippen LogP contribution in [0.2, 0.25) is 0 Å². The van der Waals surface area contributed by atoms with Crippen LogP contribution in [0.5, 0.6) is 5.75 Å². The van der Waals surface area contributed by atoms with Crippen LogP contribution in [0.3, 0.4) is 0 Å². The van der Waals surface area contributed by atoms with E-state index < -0.39 is 29.0 Å². The first kappa shape index (κ1) is 26.1. The van der Waals surface area contributed by atoms with Crippen LogP contribution in [0.4, 0.5) is 10.5 Å². The number of hydrogen-bond acceptors (Lipinski definition) is 7. The number of amides is 1. The van der Waals surface area contributed by atoms with E-state index in [1.165, 1.54) is 31.2 Å². The molecule has 10 nitrogen and oxygen atoms in total. The SMILES string of the molecule is CC(=O)Oc1cccc([N+](=O)[O-])c1.CC(C)C[C@H](NC(=O)OCc1ccccc1)C(=O)O. The van der Waals surface area contributed by atoms with Crippen molar-refractivity contribution in [3.63, 3.8) is 0 Å². The molecule has 0 heterocycles. The van der Waals surface area contributed by atoms with Crippen LogP contribution in [-0.4, -0.2) is 34.1 Å². The molecule has 0 aromatic heterocycles. The lowest BCUT2D eigenvalue weighted by molar-refractivity contribution is -0.384. The number of nitro groups is 1. The molecule has 0 saturated heterocycles. The molecule has 0 aliphatic heterocycles. The molecule has 0 aliphatic rings. The van der Waals surface area contributed by atoms with Gasteiger partial charge in [0.2, 0.25) is 0 Å². The summed E-state index contributed by atoms with van der Waals surface area (Å²) in [5.74, 6) is -1.19. The summed E-state index contributed by atoms with van der Waals surface area (Å²) in [6.45, 7) is 5.15. The van der Waals surface area contributed by atoms with Crippen molar-refractivity contribution < 1.29 is 33.9 Å². The van der Waals surface area contributed by atoms with Gasteiger partial charge >= 0.3 is 18.0 Å². The number of ether oxygens (including phenoxy) is 2. The predicted molar refractivity (Wildman–Crippen MR) is 115 cm³/mol. The molecule has 0 radical (unpaired) electrons. The zero-order valence-electron chi connectivity index (χ0n) is 18.0. The lowest BCUT2D eigenvalue weighted by Gasteiger charge is -2.16. The molecule has 32 heavy (non-hydrogen) atoms. The van der Waals surface area contributed by atoms with E-state index in [2.05, 4.69) is 10.1 Å². The average molecular weight is 446 g/mol. The number of nitro benzene ring substituents is 1. The average Bonchev–Trinajstić information content (AvgIpc) is 2.72. The van der Waals surface area contributed by atoms with E-state index in [4.69, 9.17) is 9.84 Å². The fourth-order valence-corrected chi connectivity index (χ4v) is 2.43. The van der Waals surface area contributed by atoms with Gasteiger partial charge in [-0.25, -0.2) is 9.59 Å². The monoisotopic (exact) mass is 446 g/mol. The van der Waals surface area contributed by atoms with Gasteiger partial charge in [-0.2, -0.15) is 0 Å². The van der Waals surface area contributed by atoms with Gasteiger partial charge in [-0.15, -0.1) is 0 Å². The highest BCUT2D eigenvalue weighted by molar-refractivity contribution is 5.79. The number of benzene rings is 2. The largest absolute Gasteiger partial charge is 0.480 e. The third-order valence-corrected chi connectivity index (χ3v) is 3.80. The number of esters is 1. The summed E-state index contributed by atoms with van der Waals surface area (Å²) in [5, 5.41) is 21.6. The van der Waals surface area contributed by atoms with E-state index in [0.717, 1.165) is 5.56 Å². The Labute approximate surface area is 185 Å². The standard InChI is InChI=1S/C14H19NO4.C8H7NO4/c1-10(2)8-12(13(16)17)15-14(18)19-9-11-6-4-3-5-7-11;1-6(10)13-8-4-2-3-7(5-8)9(11)12/h3-7,10,12H,8-9H2,1-2H3,(H,15,18)(H,16,17);2-5H,1H3/t12-;/m0./s1. The molecule has 172 valence electrons. The highest BCUT2D eigenvalue weighted by Crippen LogP contribution is 2.18. The molecule has 0 unspecified atom stereocenters. The van der Waals surface area contributed by atoms with Crippen LogP contribution in [0.25, 0.3) is 0 Å². The maximum absolute atomic E-state index is 11.5. The summed E-state index contributed by atoms with van der Waals surface area (Å²) in [6, 6.07) is 13.8. The molecule has 0 spiro atoms. The van der Waals surface area contributed by atoms with Gasteiger partial charge in [0.15, 0.2) is 0 Å². The molecule has 10 heteroatoms. The fourth-order valence-electron chi connectivity index (χ4n) is 2.43. The predicted octanol–water partition coefficient (Wildman–Crippen LogP) is 3.93. The smallest absolute Gasteiger partial charge is 0.408 e. The molecule has 0 fully saturated rings. The second-order valence-corrected chi connectivity index (χ2v) is 7.07. The number of non-ortho nitro benzene ring substituents is 1. The highest BCUT2D eigenvalue weighted by Gasteiger charge is 2.21. The van der Waals surface area contributed by atoms with Crippen molar-refractivity contribution in [2.75, 3.05) is 0 Å². The highest BCUT2D eigenvalue weighted by atomic mass is 16.6. The number of hydrogen-bond donors (Lipinski definition) is 2. The van der Waals surface area contributed by atoms with Crippen molar-refractivity contribution in [1.82, 2.24) is 5.32 Å². The van der Waals surface area contributed by atoms with Gasteiger partial charge in [-0.1, -0.05) is 50.2 Å². The van der Waals surface area contributed by atoms with E-state index in [1.807, 2.05) is 44.2 Å². The van der Waals surface area contributed by atoms with Crippen molar-refractivity contribution in [3.8, 4) is 5.75 Å². The molecule has 1 amide bonds. The molecule has 0 aliphatic carbocycles. The van der Waals surface area contributed by atoms with Crippen molar-refractivity contribution in [1.29, 1.82) is 0 Å². The van der Waals surface area contributed by atoms with E-state index in [0.29, 0.717) is 6.42 Å². The fraction of sp³-hybridized carbons (Fsp3) is 0.318.